The number of H-pyrrole nitrogens is 1. The van der Waals surface area contributed by atoms with Gasteiger partial charge in [-0.25, -0.2) is 23.1 Å². The van der Waals surface area contributed by atoms with E-state index < -0.39 is 18.7 Å². The highest BCUT2D eigenvalue weighted by Gasteiger charge is 2.31. The van der Waals surface area contributed by atoms with Crippen molar-refractivity contribution in [2.45, 2.75) is 32.6 Å². The van der Waals surface area contributed by atoms with Crippen LogP contribution in [0.5, 0.6) is 0 Å². The van der Waals surface area contributed by atoms with E-state index in [2.05, 4.69) is 20.3 Å². The lowest BCUT2D eigenvalue weighted by atomic mass is 10.0. The number of aromatic nitrogens is 3. The Morgan fingerprint density at radius 1 is 1.42 bits per heavy atom. The molecule has 10 heteroatoms. The topological polar surface area (TPSA) is 97.7 Å². The number of nitrogens with one attached hydrogen (secondary N) is 2. The summed E-state index contributed by atoms with van der Waals surface area (Å²) in [6.07, 6.45) is -0.369. The Morgan fingerprint density at radius 2 is 2.16 bits per heavy atom. The quantitative estimate of drug-likeness (QED) is 0.613. The standard InChI is InChI=1S/C21H19F3N6O/c1-10-16-17(27-9-26-16)19(29-21(31)12-3-4-12)28-20(10)30(2)18-13(7-15(23)24)5-11(8-25)6-14(18)22/h5-6,9,12,15H,3-4,7H2,1-2H3,(H,26,27)(H,28,29,31). The number of nitriles is 1. The lowest BCUT2D eigenvalue weighted by Gasteiger charge is -2.25. The molecule has 1 saturated carbocycles. The third-order valence-corrected chi connectivity index (χ3v) is 5.27. The average molecular weight is 428 g/mol. The number of hydrogen-bond acceptors (Lipinski definition) is 5. The van der Waals surface area contributed by atoms with Crippen molar-refractivity contribution in [2.75, 3.05) is 17.3 Å². The van der Waals surface area contributed by atoms with Crippen molar-refractivity contribution in [1.82, 2.24) is 15.0 Å². The summed E-state index contributed by atoms with van der Waals surface area (Å²) in [5.74, 6) is -0.546. The van der Waals surface area contributed by atoms with E-state index in [1.807, 2.05) is 0 Å². The average Bonchev–Trinajstić information content (AvgIpc) is 3.45. The number of anilines is 3. The van der Waals surface area contributed by atoms with Gasteiger partial charge in [-0.3, -0.25) is 4.79 Å². The summed E-state index contributed by atoms with van der Waals surface area (Å²) in [4.78, 5) is 25.4. The lowest BCUT2D eigenvalue weighted by molar-refractivity contribution is -0.117. The van der Waals surface area contributed by atoms with Gasteiger partial charge in [-0.15, -0.1) is 0 Å². The normalized spacial score (nSPS) is 13.5. The summed E-state index contributed by atoms with van der Waals surface area (Å²) in [6.45, 7) is 1.73. The minimum Gasteiger partial charge on any atom is -0.342 e. The van der Waals surface area contributed by atoms with Gasteiger partial charge in [-0.2, -0.15) is 5.26 Å². The fourth-order valence-electron chi connectivity index (χ4n) is 3.62. The molecule has 3 aromatic rings. The Morgan fingerprint density at radius 3 is 2.81 bits per heavy atom. The van der Waals surface area contributed by atoms with Crippen LogP contribution >= 0.6 is 0 Å². The molecule has 1 aliphatic rings. The number of benzene rings is 1. The van der Waals surface area contributed by atoms with E-state index >= 15 is 0 Å². The second-order valence-corrected chi connectivity index (χ2v) is 7.53. The predicted molar refractivity (Wildman–Crippen MR) is 109 cm³/mol. The fourth-order valence-corrected chi connectivity index (χ4v) is 3.62. The van der Waals surface area contributed by atoms with Gasteiger partial charge in [0, 0.05) is 24.9 Å². The number of imidazole rings is 1. The maximum Gasteiger partial charge on any atom is 0.242 e. The zero-order valence-electron chi connectivity index (χ0n) is 16.8. The minimum atomic E-state index is -2.73. The molecule has 0 unspecified atom stereocenters. The molecule has 0 bridgehead atoms. The van der Waals surface area contributed by atoms with Crippen molar-refractivity contribution < 1.29 is 18.0 Å². The van der Waals surface area contributed by atoms with Crippen LogP contribution < -0.4 is 10.2 Å². The summed E-state index contributed by atoms with van der Waals surface area (Å²) in [5, 5.41) is 11.9. The number of alkyl halides is 2. The third kappa shape index (κ3) is 3.91. The van der Waals surface area contributed by atoms with Crippen LogP contribution in [0.4, 0.5) is 30.5 Å². The van der Waals surface area contributed by atoms with Crippen LogP contribution in [0.15, 0.2) is 18.5 Å². The van der Waals surface area contributed by atoms with Gasteiger partial charge < -0.3 is 15.2 Å². The van der Waals surface area contributed by atoms with Crippen LogP contribution in [0.2, 0.25) is 0 Å². The molecule has 31 heavy (non-hydrogen) atoms. The molecule has 2 heterocycles. The largest absolute Gasteiger partial charge is 0.342 e. The van der Waals surface area contributed by atoms with Crippen LogP contribution in [-0.4, -0.2) is 34.3 Å². The van der Waals surface area contributed by atoms with E-state index in [-0.39, 0.29) is 40.3 Å². The van der Waals surface area contributed by atoms with E-state index in [4.69, 9.17) is 5.26 Å². The molecule has 2 N–H and O–H groups in total. The van der Waals surface area contributed by atoms with E-state index in [9.17, 15) is 18.0 Å². The van der Waals surface area contributed by atoms with Gasteiger partial charge in [-0.1, -0.05) is 0 Å². The Kier molecular flexibility index (Phi) is 5.27. The summed E-state index contributed by atoms with van der Waals surface area (Å²) in [6, 6.07) is 4.03. The Balaban J connectivity index is 1.84. The number of nitrogens with zero attached hydrogens (tertiary/aromatic N) is 4. The number of aromatic amines is 1. The molecule has 4 rings (SSSR count). The van der Waals surface area contributed by atoms with Crippen molar-refractivity contribution in [2.24, 2.45) is 5.92 Å². The number of amides is 1. The van der Waals surface area contributed by atoms with Gasteiger partial charge in [0.2, 0.25) is 12.3 Å². The molecule has 0 atom stereocenters. The maximum absolute atomic E-state index is 14.9. The summed E-state index contributed by atoms with van der Waals surface area (Å²) >= 11 is 0. The monoisotopic (exact) mass is 428 g/mol. The molecule has 1 aliphatic carbocycles. The van der Waals surface area contributed by atoms with Crippen molar-refractivity contribution in [3.8, 4) is 6.07 Å². The van der Waals surface area contributed by atoms with Crippen molar-refractivity contribution in [3.63, 3.8) is 0 Å². The first-order valence-corrected chi connectivity index (χ1v) is 9.69. The molecule has 7 nitrogen and oxygen atoms in total. The molecular weight excluding hydrogens is 409 g/mol. The number of pyridine rings is 1. The van der Waals surface area contributed by atoms with Crippen LogP contribution in [0.1, 0.15) is 29.5 Å². The van der Waals surface area contributed by atoms with Gasteiger partial charge in [0.05, 0.1) is 29.2 Å². The number of carbonyl (C=O) groups excluding carboxylic acids is 1. The van der Waals surface area contributed by atoms with Crippen molar-refractivity contribution >= 4 is 34.3 Å². The molecule has 160 valence electrons. The highest BCUT2D eigenvalue weighted by molar-refractivity contribution is 6.01. The number of hydrogen-bond donors (Lipinski definition) is 2. The second-order valence-electron chi connectivity index (χ2n) is 7.53. The molecule has 1 fully saturated rings. The van der Waals surface area contributed by atoms with Gasteiger partial charge in [0.1, 0.15) is 17.2 Å². The Hall–Kier alpha value is -3.61. The molecule has 0 radical (unpaired) electrons. The van der Waals surface area contributed by atoms with Crippen LogP contribution in [0.3, 0.4) is 0 Å². The van der Waals surface area contributed by atoms with E-state index in [1.54, 1.807) is 13.0 Å². The Labute approximate surface area is 175 Å². The first-order valence-electron chi connectivity index (χ1n) is 9.69. The third-order valence-electron chi connectivity index (χ3n) is 5.27. The van der Waals surface area contributed by atoms with E-state index in [0.29, 0.717) is 16.6 Å². The summed E-state index contributed by atoms with van der Waals surface area (Å²) < 4.78 is 41.3. The van der Waals surface area contributed by atoms with Gasteiger partial charge in [-0.05, 0) is 37.5 Å². The van der Waals surface area contributed by atoms with Crippen molar-refractivity contribution in [1.29, 1.82) is 5.26 Å². The zero-order chi connectivity index (χ0) is 22.3. The second kappa shape index (κ2) is 7.91. The molecule has 0 spiro atoms. The Bertz CT molecular complexity index is 1210. The van der Waals surface area contributed by atoms with Crippen LogP contribution in [0, 0.1) is 30.0 Å². The van der Waals surface area contributed by atoms with E-state index in [0.717, 1.165) is 18.9 Å². The number of carbonyl (C=O) groups is 1. The van der Waals surface area contributed by atoms with Crippen LogP contribution in [-0.2, 0) is 11.2 Å². The SMILES string of the molecule is Cc1c(N(C)c2c(F)cc(C#N)cc2CC(F)F)nc(NC(=O)C2CC2)c2[nH]cnc12. The first-order chi connectivity index (χ1) is 14.8. The fraction of sp³-hybridized carbons (Fsp3) is 0.333. The van der Waals surface area contributed by atoms with Gasteiger partial charge in [0.15, 0.2) is 5.82 Å². The van der Waals surface area contributed by atoms with Gasteiger partial charge in [0.25, 0.3) is 0 Å². The lowest BCUT2D eigenvalue weighted by Crippen LogP contribution is -2.20. The molecule has 0 saturated heterocycles. The molecular formula is C21H19F3N6O. The molecule has 0 aliphatic heterocycles. The highest BCUT2D eigenvalue weighted by atomic mass is 19.3. The van der Waals surface area contributed by atoms with Crippen LogP contribution in [0.25, 0.3) is 11.0 Å². The minimum absolute atomic E-state index is 0.0130. The van der Waals surface area contributed by atoms with Crippen molar-refractivity contribution in [3.05, 3.63) is 41.0 Å². The number of aryl methyl sites for hydroxylation is 1. The molecule has 1 aromatic carbocycles. The number of fused-ring (bicyclic) bond motifs is 1. The smallest absolute Gasteiger partial charge is 0.242 e. The van der Waals surface area contributed by atoms with Gasteiger partial charge >= 0.3 is 0 Å². The maximum atomic E-state index is 14.9. The predicted octanol–water partition coefficient (Wildman–Crippen LogP) is 4.20. The highest BCUT2D eigenvalue weighted by Crippen LogP contribution is 2.37. The molecule has 1 amide bonds. The summed E-state index contributed by atoms with van der Waals surface area (Å²) in [7, 11) is 1.50. The molecule has 2 aromatic heterocycles. The summed E-state index contributed by atoms with van der Waals surface area (Å²) in [5.41, 5.74) is 1.46. The van der Waals surface area contributed by atoms with E-state index in [1.165, 1.54) is 24.3 Å². The zero-order valence-corrected chi connectivity index (χ0v) is 16.8. The number of rotatable bonds is 6. The number of halogens is 3. The first kappa shape index (κ1) is 20.7.